The predicted molar refractivity (Wildman–Crippen MR) is 92.8 cm³/mol. The summed E-state index contributed by atoms with van der Waals surface area (Å²) in [6, 6.07) is 10.6. The number of nitrogens with zero attached hydrogens (tertiary/aromatic N) is 2. The number of nitrogens with one attached hydrogen (secondary N) is 2. The number of nitro groups is 1. The Labute approximate surface area is 138 Å². The van der Waals surface area contributed by atoms with Crippen LogP contribution in [-0.4, -0.2) is 16.3 Å². The standard InChI is InChI=1S/C15H16N4O3S/c1-10(2)11-3-5-12(6-4-11)17-15(23)18-16-9-13-7-8-14(22-13)19(20)21/h3-10H,1-2H3,(H2,17,18,23)/b16-9-. The van der Waals surface area contributed by atoms with Gasteiger partial charge in [0, 0.05) is 5.69 Å². The van der Waals surface area contributed by atoms with Gasteiger partial charge < -0.3 is 9.73 Å². The molecule has 0 radical (unpaired) electrons. The van der Waals surface area contributed by atoms with E-state index < -0.39 is 4.92 Å². The SMILES string of the molecule is CC(C)c1ccc(NC(=S)N/N=C\c2ccc([N+](=O)[O-])o2)cc1. The van der Waals surface area contributed by atoms with Crippen molar-refractivity contribution >= 4 is 35.1 Å². The quantitative estimate of drug-likeness (QED) is 0.376. The molecular weight excluding hydrogens is 316 g/mol. The normalized spacial score (nSPS) is 10.9. The van der Waals surface area contributed by atoms with E-state index in [1.165, 1.54) is 23.9 Å². The molecule has 0 saturated heterocycles. The highest BCUT2D eigenvalue weighted by Gasteiger charge is 2.10. The molecule has 2 N–H and O–H groups in total. The molecule has 0 atom stereocenters. The van der Waals surface area contributed by atoms with Crippen LogP contribution in [0, 0.1) is 10.1 Å². The van der Waals surface area contributed by atoms with Gasteiger partial charge in [0.25, 0.3) is 0 Å². The Balaban J connectivity index is 1.86. The number of benzene rings is 1. The number of anilines is 1. The van der Waals surface area contributed by atoms with Crippen LogP contribution < -0.4 is 10.7 Å². The highest BCUT2D eigenvalue weighted by atomic mass is 32.1. The van der Waals surface area contributed by atoms with Gasteiger partial charge in [0.1, 0.15) is 4.92 Å². The Morgan fingerprint density at radius 1 is 1.30 bits per heavy atom. The third kappa shape index (κ3) is 4.89. The van der Waals surface area contributed by atoms with E-state index in [0.717, 1.165) is 5.69 Å². The number of rotatable bonds is 5. The first kappa shape index (κ1) is 16.6. The molecular formula is C15H16N4O3S. The fourth-order valence-corrected chi connectivity index (χ4v) is 1.95. The molecule has 0 aliphatic rings. The van der Waals surface area contributed by atoms with Crippen molar-refractivity contribution in [3.05, 3.63) is 57.8 Å². The zero-order valence-electron chi connectivity index (χ0n) is 12.6. The molecule has 2 aromatic rings. The monoisotopic (exact) mass is 332 g/mol. The van der Waals surface area contributed by atoms with Crippen molar-refractivity contribution in [3.63, 3.8) is 0 Å². The van der Waals surface area contributed by atoms with Gasteiger partial charge in [-0.1, -0.05) is 26.0 Å². The van der Waals surface area contributed by atoms with Crippen molar-refractivity contribution in [1.82, 2.24) is 5.43 Å². The lowest BCUT2D eigenvalue weighted by Crippen LogP contribution is -2.23. The van der Waals surface area contributed by atoms with Crippen molar-refractivity contribution in [3.8, 4) is 0 Å². The summed E-state index contributed by atoms with van der Waals surface area (Å²) in [5.74, 6) is 0.391. The summed E-state index contributed by atoms with van der Waals surface area (Å²) < 4.78 is 4.93. The lowest BCUT2D eigenvalue weighted by atomic mass is 10.0. The van der Waals surface area contributed by atoms with Gasteiger partial charge in [0.15, 0.2) is 10.9 Å². The van der Waals surface area contributed by atoms with E-state index in [2.05, 4.69) is 29.7 Å². The summed E-state index contributed by atoms with van der Waals surface area (Å²) >= 11 is 5.11. The van der Waals surface area contributed by atoms with Gasteiger partial charge in [0.05, 0.1) is 12.3 Å². The molecule has 1 aromatic heterocycles. The van der Waals surface area contributed by atoms with Gasteiger partial charge in [-0.05, 0) is 41.9 Å². The highest BCUT2D eigenvalue weighted by Crippen LogP contribution is 2.17. The minimum atomic E-state index is -0.613. The van der Waals surface area contributed by atoms with Crippen molar-refractivity contribution in [2.45, 2.75) is 19.8 Å². The molecule has 2 rings (SSSR count). The molecule has 0 saturated carbocycles. The average Bonchev–Trinajstić information content (AvgIpc) is 2.97. The predicted octanol–water partition coefficient (Wildman–Crippen LogP) is 3.63. The fraction of sp³-hybridized carbons (Fsp3) is 0.200. The van der Waals surface area contributed by atoms with Crippen LogP contribution in [0.25, 0.3) is 0 Å². The molecule has 0 fully saturated rings. The second kappa shape index (κ2) is 7.50. The fourth-order valence-electron chi connectivity index (χ4n) is 1.77. The van der Waals surface area contributed by atoms with E-state index in [0.29, 0.717) is 11.0 Å². The van der Waals surface area contributed by atoms with Gasteiger partial charge in [0.2, 0.25) is 0 Å². The van der Waals surface area contributed by atoms with E-state index >= 15 is 0 Å². The Kier molecular flexibility index (Phi) is 5.42. The summed E-state index contributed by atoms with van der Waals surface area (Å²) in [5.41, 5.74) is 4.70. The molecule has 120 valence electrons. The van der Waals surface area contributed by atoms with Gasteiger partial charge >= 0.3 is 5.88 Å². The van der Waals surface area contributed by atoms with Gasteiger partial charge in [-0.15, -0.1) is 0 Å². The smallest absolute Gasteiger partial charge is 0.400 e. The van der Waals surface area contributed by atoms with E-state index in [9.17, 15) is 10.1 Å². The first-order valence-electron chi connectivity index (χ1n) is 6.90. The lowest BCUT2D eigenvalue weighted by molar-refractivity contribution is -0.402. The van der Waals surface area contributed by atoms with Crippen molar-refractivity contribution in [2.75, 3.05) is 5.32 Å². The molecule has 0 unspecified atom stereocenters. The van der Waals surface area contributed by atoms with Crippen LogP contribution in [0.4, 0.5) is 11.6 Å². The van der Waals surface area contributed by atoms with Gasteiger partial charge in [-0.3, -0.25) is 15.5 Å². The van der Waals surface area contributed by atoms with Crippen LogP contribution in [0.2, 0.25) is 0 Å². The molecule has 0 aliphatic heterocycles. The van der Waals surface area contributed by atoms with Crippen LogP contribution in [0.1, 0.15) is 31.1 Å². The zero-order chi connectivity index (χ0) is 16.8. The minimum Gasteiger partial charge on any atom is -0.400 e. The maximum Gasteiger partial charge on any atom is 0.433 e. The minimum absolute atomic E-state index is 0.258. The number of thiocarbonyl (C=S) groups is 1. The van der Waals surface area contributed by atoms with Gasteiger partial charge in [-0.25, -0.2) is 0 Å². The van der Waals surface area contributed by atoms with Crippen molar-refractivity contribution in [2.24, 2.45) is 5.10 Å². The Morgan fingerprint density at radius 2 is 2.00 bits per heavy atom. The summed E-state index contributed by atoms with van der Waals surface area (Å²) in [4.78, 5) is 9.87. The van der Waals surface area contributed by atoms with Crippen LogP contribution in [-0.2, 0) is 0 Å². The number of hydrazone groups is 1. The summed E-state index contributed by atoms with van der Waals surface area (Å²) in [6.45, 7) is 4.25. The molecule has 8 heteroatoms. The maximum atomic E-state index is 10.5. The first-order valence-corrected chi connectivity index (χ1v) is 7.31. The molecule has 1 heterocycles. The molecule has 1 aromatic carbocycles. The Bertz CT molecular complexity index is 723. The van der Waals surface area contributed by atoms with E-state index in [1.54, 1.807) is 0 Å². The largest absolute Gasteiger partial charge is 0.433 e. The van der Waals surface area contributed by atoms with E-state index in [4.69, 9.17) is 16.6 Å². The molecule has 7 nitrogen and oxygen atoms in total. The number of furan rings is 1. The molecule has 0 amide bonds. The lowest BCUT2D eigenvalue weighted by Gasteiger charge is -2.09. The highest BCUT2D eigenvalue weighted by molar-refractivity contribution is 7.80. The Morgan fingerprint density at radius 3 is 2.57 bits per heavy atom. The van der Waals surface area contributed by atoms with Crippen molar-refractivity contribution in [1.29, 1.82) is 0 Å². The third-order valence-corrected chi connectivity index (χ3v) is 3.18. The summed E-state index contributed by atoms with van der Waals surface area (Å²) in [6.07, 6.45) is 1.31. The topological polar surface area (TPSA) is 92.7 Å². The zero-order valence-corrected chi connectivity index (χ0v) is 13.5. The average molecular weight is 332 g/mol. The molecule has 23 heavy (non-hydrogen) atoms. The van der Waals surface area contributed by atoms with E-state index in [1.807, 2.05) is 24.3 Å². The first-order chi connectivity index (χ1) is 11.0. The molecule has 0 aliphatic carbocycles. The van der Waals surface area contributed by atoms with Crippen LogP contribution >= 0.6 is 12.2 Å². The van der Waals surface area contributed by atoms with Crippen LogP contribution in [0.15, 0.2) is 45.9 Å². The summed E-state index contributed by atoms with van der Waals surface area (Å²) in [5, 5.41) is 17.6. The second-order valence-electron chi connectivity index (χ2n) is 5.03. The molecule has 0 bridgehead atoms. The van der Waals surface area contributed by atoms with Gasteiger partial charge in [-0.2, -0.15) is 5.10 Å². The van der Waals surface area contributed by atoms with E-state index in [-0.39, 0.29) is 11.6 Å². The number of hydrogen-bond acceptors (Lipinski definition) is 5. The third-order valence-electron chi connectivity index (χ3n) is 2.99. The Hall–Kier alpha value is -2.74. The van der Waals surface area contributed by atoms with Crippen LogP contribution in [0.5, 0.6) is 0 Å². The molecule has 0 spiro atoms. The number of hydrogen-bond donors (Lipinski definition) is 2. The maximum absolute atomic E-state index is 10.5. The van der Waals surface area contributed by atoms with Crippen molar-refractivity contribution < 1.29 is 9.34 Å². The van der Waals surface area contributed by atoms with Crippen LogP contribution in [0.3, 0.4) is 0 Å². The summed E-state index contributed by atoms with van der Waals surface area (Å²) in [7, 11) is 0. The second-order valence-corrected chi connectivity index (χ2v) is 5.44.